The molecule has 0 radical (unpaired) electrons. The zero-order valence-corrected chi connectivity index (χ0v) is 25.7. The molecule has 2 aromatic heterocycles. The summed E-state index contributed by atoms with van der Waals surface area (Å²) in [6.07, 6.45) is 3.50. The first-order chi connectivity index (χ1) is 22.2. The highest BCUT2D eigenvalue weighted by molar-refractivity contribution is 5.83. The number of aliphatic hydroxyl groups is 2. The van der Waals surface area contributed by atoms with Crippen LogP contribution in [0.3, 0.4) is 0 Å². The average molecular weight is 623 g/mol. The van der Waals surface area contributed by atoms with Gasteiger partial charge in [0.15, 0.2) is 18.0 Å². The third-order valence-electron chi connectivity index (χ3n) is 8.53. The number of aliphatic hydroxyl groups excluding tert-OH is 1. The number of hydrogen-bond donors (Lipinski definition) is 3. The van der Waals surface area contributed by atoms with Crippen LogP contribution in [0.1, 0.15) is 43.2 Å². The van der Waals surface area contributed by atoms with Crippen molar-refractivity contribution in [1.82, 2.24) is 14.5 Å². The molecule has 1 saturated heterocycles. The van der Waals surface area contributed by atoms with Crippen LogP contribution in [0.4, 0.5) is 10.3 Å². The maximum atomic E-state index is 15.7. The van der Waals surface area contributed by atoms with Crippen LogP contribution in [-0.4, -0.2) is 56.0 Å². The second-order valence-corrected chi connectivity index (χ2v) is 11.1. The highest BCUT2D eigenvalue weighted by Crippen LogP contribution is 2.48. The van der Waals surface area contributed by atoms with Crippen LogP contribution in [0.5, 0.6) is 11.6 Å². The number of hydrogen-bond acceptors (Lipinski definition) is 8. The van der Waals surface area contributed by atoms with Gasteiger partial charge in [0.1, 0.15) is 11.3 Å². The van der Waals surface area contributed by atoms with Gasteiger partial charge in [-0.05, 0) is 41.8 Å². The van der Waals surface area contributed by atoms with Gasteiger partial charge >= 0.3 is 0 Å². The first-order valence-corrected chi connectivity index (χ1v) is 15.0. The van der Waals surface area contributed by atoms with Crippen molar-refractivity contribution in [2.24, 2.45) is 0 Å². The topological polar surface area (TPSA) is 111 Å². The Hall–Kier alpha value is -4.95. The molecule has 5 aromatic rings. The number of fused-ring (bicyclic) bond motifs is 1. The molecule has 10 heteroatoms. The van der Waals surface area contributed by atoms with Crippen molar-refractivity contribution in [3.8, 4) is 24.0 Å². The van der Waals surface area contributed by atoms with Gasteiger partial charge in [-0.25, -0.2) is 4.39 Å². The van der Waals surface area contributed by atoms with E-state index < -0.39 is 29.3 Å². The number of ether oxygens (including phenoxy) is 3. The molecule has 4 atom stereocenters. The fourth-order valence-electron chi connectivity index (χ4n) is 6.10. The Morgan fingerprint density at radius 1 is 0.978 bits per heavy atom. The standard InChI is InChI=1S/C36H35FN4O5/c1-5-34(43)31(42)35(37,6-2)46-32(34)41-23-22-28-29(41)38-33(39-30(28)45-7-3)40-36(24-14-10-8-11-15-24,25-16-12-9-13-17-25)26-18-20-27(44-4)21-19-26/h1,8-23,31-32,42-43H,6-7H2,2-4H3,(H,38,39,40)/t31-,32+,34+,35+/m0/s1. The maximum absolute atomic E-state index is 15.7. The minimum absolute atomic E-state index is 0.171. The van der Waals surface area contributed by atoms with Crippen molar-refractivity contribution >= 4 is 17.0 Å². The minimum Gasteiger partial charge on any atom is -0.497 e. The number of alkyl halides is 1. The number of aromatic nitrogens is 3. The highest BCUT2D eigenvalue weighted by atomic mass is 19.2. The molecule has 236 valence electrons. The third-order valence-corrected chi connectivity index (χ3v) is 8.53. The van der Waals surface area contributed by atoms with Gasteiger partial charge in [-0.1, -0.05) is 85.6 Å². The van der Waals surface area contributed by atoms with E-state index in [1.165, 1.54) is 11.5 Å². The Morgan fingerprint density at radius 3 is 2.13 bits per heavy atom. The Bertz CT molecular complexity index is 1820. The van der Waals surface area contributed by atoms with Crippen LogP contribution in [0.15, 0.2) is 97.2 Å². The van der Waals surface area contributed by atoms with Gasteiger partial charge in [0.05, 0.1) is 19.1 Å². The molecule has 3 N–H and O–H groups in total. The zero-order valence-electron chi connectivity index (χ0n) is 25.7. The molecule has 0 amide bonds. The number of rotatable bonds is 10. The lowest BCUT2D eigenvalue weighted by Gasteiger charge is -2.37. The highest BCUT2D eigenvalue weighted by Gasteiger charge is 2.64. The van der Waals surface area contributed by atoms with Crippen molar-refractivity contribution in [3.63, 3.8) is 0 Å². The second kappa shape index (κ2) is 12.1. The van der Waals surface area contributed by atoms with E-state index in [2.05, 4.69) is 11.2 Å². The molecule has 1 fully saturated rings. The summed E-state index contributed by atoms with van der Waals surface area (Å²) in [6, 6.07) is 29.2. The van der Waals surface area contributed by atoms with E-state index in [0.29, 0.717) is 17.7 Å². The Morgan fingerprint density at radius 2 is 1.59 bits per heavy atom. The smallest absolute Gasteiger partial charge is 0.241 e. The molecule has 0 aliphatic carbocycles. The lowest BCUT2D eigenvalue weighted by Crippen LogP contribution is -2.48. The number of benzene rings is 3. The van der Waals surface area contributed by atoms with E-state index in [4.69, 9.17) is 30.6 Å². The summed E-state index contributed by atoms with van der Waals surface area (Å²) in [5.41, 5.74) is -0.481. The van der Waals surface area contributed by atoms with E-state index in [0.717, 1.165) is 16.7 Å². The number of anilines is 1. The average Bonchev–Trinajstić information content (AvgIpc) is 3.61. The fourth-order valence-corrected chi connectivity index (χ4v) is 6.10. The first-order valence-electron chi connectivity index (χ1n) is 15.0. The Labute approximate surface area is 266 Å². The summed E-state index contributed by atoms with van der Waals surface area (Å²) < 4.78 is 34.2. The fraction of sp³-hybridized carbons (Fsp3) is 0.278. The number of methoxy groups -OCH3 is 1. The normalized spacial score (nSPS) is 22.8. The van der Waals surface area contributed by atoms with Crippen LogP contribution in [0.25, 0.3) is 11.0 Å². The van der Waals surface area contributed by atoms with Crippen molar-refractivity contribution in [2.45, 2.75) is 49.6 Å². The lowest BCUT2D eigenvalue weighted by molar-refractivity contribution is -0.187. The van der Waals surface area contributed by atoms with Gasteiger partial charge in [-0.3, -0.25) is 0 Å². The predicted octanol–water partition coefficient (Wildman–Crippen LogP) is 5.57. The predicted molar refractivity (Wildman–Crippen MR) is 172 cm³/mol. The molecule has 0 spiro atoms. The lowest BCUT2D eigenvalue weighted by atomic mass is 9.77. The van der Waals surface area contributed by atoms with E-state index in [1.807, 2.05) is 91.9 Å². The van der Waals surface area contributed by atoms with Crippen LogP contribution < -0.4 is 14.8 Å². The van der Waals surface area contributed by atoms with Crippen LogP contribution in [-0.2, 0) is 10.3 Å². The quantitative estimate of drug-likeness (QED) is 0.137. The van der Waals surface area contributed by atoms with Crippen LogP contribution >= 0.6 is 0 Å². The minimum atomic E-state index is -2.58. The van der Waals surface area contributed by atoms with Crippen molar-refractivity contribution in [1.29, 1.82) is 0 Å². The van der Waals surface area contributed by atoms with E-state index in [-0.39, 0.29) is 23.9 Å². The molecule has 3 heterocycles. The number of terminal acetylenes is 1. The van der Waals surface area contributed by atoms with Gasteiger partial charge < -0.3 is 34.3 Å². The summed E-state index contributed by atoms with van der Waals surface area (Å²) in [7, 11) is 1.62. The molecule has 46 heavy (non-hydrogen) atoms. The van der Waals surface area contributed by atoms with Crippen molar-refractivity contribution in [2.75, 3.05) is 19.0 Å². The molecule has 1 aliphatic heterocycles. The van der Waals surface area contributed by atoms with Crippen LogP contribution in [0.2, 0.25) is 0 Å². The third kappa shape index (κ3) is 4.93. The molecule has 0 saturated carbocycles. The molecular formula is C36H35FN4O5. The molecule has 6 rings (SSSR count). The van der Waals surface area contributed by atoms with E-state index >= 15 is 4.39 Å². The zero-order chi connectivity index (χ0) is 32.5. The molecule has 0 unspecified atom stereocenters. The van der Waals surface area contributed by atoms with Crippen LogP contribution in [0, 0.1) is 12.3 Å². The number of nitrogens with zero attached hydrogens (tertiary/aromatic N) is 3. The summed E-state index contributed by atoms with van der Waals surface area (Å²) in [6.45, 7) is 3.63. The van der Waals surface area contributed by atoms with Crippen molar-refractivity contribution < 1.29 is 28.8 Å². The SMILES string of the molecule is C#C[C@]1(O)[C@H](n2ccc3c(OCC)nc(NC(c4ccccc4)(c4ccccc4)c4ccc(OC)cc4)nc32)O[C@](F)(CC)[C@H]1O. The van der Waals surface area contributed by atoms with Gasteiger partial charge in [0, 0.05) is 12.6 Å². The Kier molecular flexibility index (Phi) is 8.17. The van der Waals surface area contributed by atoms with Crippen molar-refractivity contribution in [3.05, 3.63) is 114 Å². The molecule has 9 nitrogen and oxygen atoms in total. The summed E-state index contributed by atoms with van der Waals surface area (Å²) in [5.74, 6) is 0.710. The van der Waals surface area contributed by atoms with E-state index in [1.54, 1.807) is 19.4 Å². The molecule has 1 aliphatic rings. The first kappa shape index (κ1) is 31.0. The van der Waals surface area contributed by atoms with E-state index in [9.17, 15) is 10.2 Å². The van der Waals surface area contributed by atoms with Gasteiger partial charge in [0.25, 0.3) is 0 Å². The summed E-state index contributed by atoms with van der Waals surface area (Å²) in [4.78, 5) is 9.68. The Balaban J connectivity index is 1.59. The largest absolute Gasteiger partial charge is 0.497 e. The molecular weight excluding hydrogens is 587 g/mol. The number of nitrogens with one attached hydrogen (secondary N) is 1. The van der Waals surface area contributed by atoms with Gasteiger partial charge in [-0.15, -0.1) is 6.42 Å². The molecule has 3 aromatic carbocycles. The molecule has 0 bridgehead atoms. The number of halogens is 1. The van der Waals surface area contributed by atoms with Gasteiger partial charge in [0.2, 0.25) is 23.3 Å². The second-order valence-electron chi connectivity index (χ2n) is 11.1. The maximum Gasteiger partial charge on any atom is 0.241 e. The monoisotopic (exact) mass is 622 g/mol. The summed E-state index contributed by atoms with van der Waals surface area (Å²) in [5, 5.41) is 26.3. The summed E-state index contributed by atoms with van der Waals surface area (Å²) >= 11 is 0. The van der Waals surface area contributed by atoms with Gasteiger partial charge in [-0.2, -0.15) is 9.97 Å².